The van der Waals surface area contributed by atoms with Gasteiger partial charge in [0.1, 0.15) is 5.75 Å². The monoisotopic (exact) mass is 756 g/mol. The van der Waals surface area contributed by atoms with Crippen molar-refractivity contribution in [3.8, 4) is 5.75 Å². The normalized spacial score (nSPS) is 29.2. The molecule has 0 bridgehead atoms. The summed E-state index contributed by atoms with van der Waals surface area (Å²) in [5, 5.41) is 13.0. The Morgan fingerprint density at radius 3 is 2.20 bits per heavy atom. The van der Waals surface area contributed by atoms with Crippen molar-refractivity contribution >= 4 is 85.0 Å². The van der Waals surface area contributed by atoms with Crippen molar-refractivity contribution in [2.75, 3.05) is 10.4 Å². The fourth-order valence-electron chi connectivity index (χ4n) is 8.38. The second-order valence-corrected chi connectivity index (χ2v) is 14.7. The first-order valence-electron chi connectivity index (χ1n) is 15.8. The minimum atomic E-state index is -2.03. The van der Waals surface area contributed by atoms with Gasteiger partial charge in [0.05, 0.1) is 23.0 Å². The molecule has 11 heteroatoms. The smallest absolute Gasteiger partial charge is 0.254 e. The molecule has 2 aliphatic carbocycles. The van der Waals surface area contributed by atoms with Crippen LogP contribution in [0.3, 0.4) is 0 Å². The SMILES string of the molecule is O=C(c1ccccc1)c1ccc(N2C(=O)[C@H]3[C@H](CC=C4[C@H]3C[C@@]3(Cl)C(=O)N(CBr)C(=O)[C@@]3(Cl)[C@H]4c3ccc4ccccc4c3O)C2=O)cc1. The standard InChI is InChI=1S/C38H27BrCl2N2O6/c39-19-42-35(48)37(40)18-28-25(30(38(37,41)36(42)49)27-15-12-20-6-4-5-9-24(20)32(27)45)16-17-26-29(28)34(47)43(33(26)46)23-13-10-22(11-14-23)31(44)21-7-2-1-3-8-21/h1-16,26,28-30,45H,17-19H2/t26-,28+,29-,30+,37+,38-/m0/s1. The number of ketones is 1. The summed E-state index contributed by atoms with van der Waals surface area (Å²) >= 11 is 17.9. The van der Waals surface area contributed by atoms with Gasteiger partial charge in [-0.05, 0) is 48.4 Å². The van der Waals surface area contributed by atoms with Crippen LogP contribution in [0.2, 0.25) is 0 Å². The van der Waals surface area contributed by atoms with Gasteiger partial charge in [0.2, 0.25) is 11.8 Å². The number of allylic oxidation sites excluding steroid dienone is 2. The average molecular weight is 758 g/mol. The van der Waals surface area contributed by atoms with Gasteiger partial charge in [0, 0.05) is 28.0 Å². The number of rotatable bonds is 5. The van der Waals surface area contributed by atoms with E-state index in [9.17, 15) is 29.1 Å². The maximum Gasteiger partial charge on any atom is 0.254 e. The van der Waals surface area contributed by atoms with Crippen molar-refractivity contribution in [2.45, 2.75) is 28.5 Å². The van der Waals surface area contributed by atoms with Crippen LogP contribution in [0.4, 0.5) is 5.69 Å². The van der Waals surface area contributed by atoms with Crippen LogP contribution in [0, 0.1) is 17.8 Å². The van der Waals surface area contributed by atoms with Gasteiger partial charge in [-0.15, -0.1) is 23.2 Å². The second-order valence-electron chi connectivity index (χ2n) is 13.0. The van der Waals surface area contributed by atoms with E-state index in [-0.39, 0.29) is 29.8 Å². The van der Waals surface area contributed by atoms with Crippen molar-refractivity contribution in [1.82, 2.24) is 4.90 Å². The number of hydrogen-bond acceptors (Lipinski definition) is 6. The first-order chi connectivity index (χ1) is 23.5. The molecule has 0 aromatic heterocycles. The van der Waals surface area contributed by atoms with Crippen LogP contribution in [0.25, 0.3) is 10.8 Å². The summed E-state index contributed by atoms with van der Waals surface area (Å²) < 4.78 is 0. The first-order valence-corrected chi connectivity index (χ1v) is 17.7. The molecular weight excluding hydrogens is 731 g/mol. The molecule has 4 aromatic rings. The number of anilines is 1. The molecule has 3 fully saturated rings. The van der Waals surface area contributed by atoms with Crippen LogP contribution in [-0.2, 0) is 19.2 Å². The molecular formula is C38H27BrCl2N2O6. The zero-order valence-electron chi connectivity index (χ0n) is 25.7. The average Bonchev–Trinajstić information content (AvgIpc) is 3.46. The van der Waals surface area contributed by atoms with Gasteiger partial charge < -0.3 is 5.11 Å². The summed E-state index contributed by atoms with van der Waals surface area (Å²) in [4.78, 5) is 67.5. The Balaban J connectivity index is 1.22. The number of phenolic OH excluding ortho intramolecular Hbond substituents is 1. The van der Waals surface area contributed by atoms with Gasteiger partial charge in [-0.3, -0.25) is 33.8 Å². The number of halogens is 3. The largest absolute Gasteiger partial charge is 0.507 e. The van der Waals surface area contributed by atoms with Crippen molar-refractivity contribution < 1.29 is 29.1 Å². The van der Waals surface area contributed by atoms with E-state index in [0.717, 1.165) is 15.2 Å². The van der Waals surface area contributed by atoms with Crippen LogP contribution in [-0.4, -0.2) is 54.6 Å². The van der Waals surface area contributed by atoms with Gasteiger partial charge in [-0.1, -0.05) is 94.3 Å². The maximum absolute atomic E-state index is 14.4. The number of amides is 4. The Morgan fingerprint density at radius 2 is 1.49 bits per heavy atom. The van der Waals surface area contributed by atoms with E-state index >= 15 is 0 Å². The molecule has 8 nitrogen and oxygen atoms in total. The topological polar surface area (TPSA) is 112 Å². The Hall–Kier alpha value is -4.31. The molecule has 246 valence electrons. The van der Waals surface area contributed by atoms with Crippen molar-refractivity contribution in [3.63, 3.8) is 0 Å². The number of phenols is 1. The van der Waals surface area contributed by atoms with Crippen LogP contribution < -0.4 is 4.90 Å². The molecule has 8 rings (SSSR count). The summed E-state index contributed by atoms with van der Waals surface area (Å²) in [5.74, 6) is -6.06. The fourth-order valence-corrected chi connectivity index (χ4v) is 9.79. The zero-order valence-corrected chi connectivity index (χ0v) is 28.8. The summed E-state index contributed by atoms with van der Waals surface area (Å²) in [7, 11) is 0. The number of hydrogen-bond donors (Lipinski definition) is 1. The minimum absolute atomic E-state index is 0.107. The number of fused-ring (bicyclic) bond motifs is 5. The van der Waals surface area contributed by atoms with Crippen LogP contribution in [0.1, 0.15) is 40.2 Å². The lowest BCUT2D eigenvalue weighted by Crippen LogP contribution is -2.60. The number of alkyl halides is 3. The predicted octanol–water partition coefficient (Wildman–Crippen LogP) is 6.69. The lowest BCUT2D eigenvalue weighted by atomic mass is 9.56. The fraction of sp³-hybridized carbons (Fsp3) is 0.237. The molecule has 4 aromatic carbocycles. The molecule has 4 aliphatic rings. The lowest BCUT2D eigenvalue weighted by Gasteiger charge is -2.50. The predicted molar refractivity (Wildman–Crippen MR) is 188 cm³/mol. The van der Waals surface area contributed by atoms with Crippen molar-refractivity contribution in [2.24, 2.45) is 17.8 Å². The van der Waals surface area contributed by atoms with Crippen LogP contribution in [0.5, 0.6) is 5.75 Å². The van der Waals surface area contributed by atoms with Gasteiger partial charge in [0.25, 0.3) is 11.8 Å². The molecule has 0 unspecified atom stereocenters. The van der Waals surface area contributed by atoms with Gasteiger partial charge in [-0.25, -0.2) is 0 Å². The third kappa shape index (κ3) is 4.31. The van der Waals surface area contributed by atoms with Crippen molar-refractivity contribution in [3.05, 3.63) is 119 Å². The van der Waals surface area contributed by atoms with Gasteiger partial charge in [0.15, 0.2) is 15.5 Å². The van der Waals surface area contributed by atoms with Crippen LogP contribution in [0.15, 0.2) is 103 Å². The number of benzene rings is 4. The van der Waals surface area contributed by atoms with E-state index < -0.39 is 57.0 Å². The zero-order chi connectivity index (χ0) is 34.4. The van der Waals surface area contributed by atoms with Crippen molar-refractivity contribution in [1.29, 1.82) is 0 Å². The van der Waals surface area contributed by atoms with Gasteiger partial charge in [-0.2, -0.15) is 0 Å². The molecule has 2 saturated heterocycles. The number of aromatic hydroxyl groups is 1. The highest BCUT2D eigenvalue weighted by Crippen LogP contribution is 2.66. The summed E-state index contributed by atoms with van der Waals surface area (Å²) in [6.07, 6.45) is 1.84. The lowest BCUT2D eigenvalue weighted by molar-refractivity contribution is -0.138. The van der Waals surface area contributed by atoms with E-state index in [1.807, 2.05) is 24.3 Å². The number of carbonyl (C=O) groups excluding carboxylic acids is 5. The molecule has 0 radical (unpaired) electrons. The molecule has 2 heterocycles. The second kappa shape index (κ2) is 11.4. The highest BCUT2D eigenvalue weighted by molar-refractivity contribution is 9.09. The van der Waals surface area contributed by atoms with Gasteiger partial charge >= 0.3 is 0 Å². The molecule has 1 saturated carbocycles. The Morgan fingerprint density at radius 1 is 0.816 bits per heavy atom. The Bertz CT molecular complexity index is 2160. The van der Waals surface area contributed by atoms with E-state index in [4.69, 9.17) is 23.2 Å². The molecule has 6 atom stereocenters. The highest BCUT2D eigenvalue weighted by atomic mass is 79.9. The third-order valence-electron chi connectivity index (χ3n) is 10.7. The number of nitrogens with zero attached hydrogens (tertiary/aromatic N) is 2. The molecule has 4 amide bonds. The summed E-state index contributed by atoms with van der Waals surface area (Å²) in [6.45, 7) is 0. The summed E-state index contributed by atoms with van der Waals surface area (Å²) in [6, 6.07) is 25.8. The third-order valence-corrected chi connectivity index (χ3v) is 12.6. The quantitative estimate of drug-likeness (QED) is 0.0799. The Kier molecular flexibility index (Phi) is 7.41. The maximum atomic E-state index is 14.4. The highest BCUT2D eigenvalue weighted by Gasteiger charge is 2.76. The van der Waals surface area contributed by atoms with E-state index in [2.05, 4.69) is 15.9 Å². The molecule has 1 N–H and O–H groups in total. The number of likely N-dealkylation sites (tertiary alicyclic amines) is 1. The molecule has 2 aliphatic heterocycles. The minimum Gasteiger partial charge on any atom is -0.507 e. The number of carbonyl (C=O) groups is 5. The van der Waals surface area contributed by atoms with E-state index in [0.29, 0.717) is 33.3 Å². The van der Waals surface area contributed by atoms with E-state index in [1.165, 1.54) is 0 Å². The van der Waals surface area contributed by atoms with Crippen LogP contribution >= 0.6 is 39.1 Å². The summed E-state index contributed by atoms with van der Waals surface area (Å²) in [5.41, 5.74) is 1.99. The van der Waals surface area contributed by atoms with E-state index in [1.54, 1.807) is 72.8 Å². The molecule has 49 heavy (non-hydrogen) atoms. The Labute approximate surface area is 299 Å². The molecule has 0 spiro atoms. The number of imide groups is 2. The first kappa shape index (κ1) is 31.9.